The SMILES string of the molecule is Cc1cc(CCCCCCCCCC(F)(F)F)cc2c1[nH]c1cccc(O)c12. The highest BCUT2D eigenvalue weighted by molar-refractivity contribution is 6.11. The third kappa shape index (κ3) is 5.21. The van der Waals surface area contributed by atoms with E-state index in [-0.39, 0.29) is 6.42 Å². The molecule has 3 rings (SSSR count). The largest absolute Gasteiger partial charge is 0.507 e. The summed E-state index contributed by atoms with van der Waals surface area (Å²) in [5, 5.41) is 12.2. The number of alkyl halides is 3. The summed E-state index contributed by atoms with van der Waals surface area (Å²) in [6.45, 7) is 2.08. The van der Waals surface area contributed by atoms with Crippen LogP contribution in [0.1, 0.15) is 62.5 Å². The molecule has 28 heavy (non-hydrogen) atoms. The van der Waals surface area contributed by atoms with Crippen LogP contribution in [-0.4, -0.2) is 16.3 Å². The maximum atomic E-state index is 12.1. The fourth-order valence-corrected chi connectivity index (χ4v) is 3.97. The minimum Gasteiger partial charge on any atom is -0.507 e. The number of hydrogen-bond acceptors (Lipinski definition) is 1. The van der Waals surface area contributed by atoms with E-state index in [0.29, 0.717) is 12.2 Å². The van der Waals surface area contributed by atoms with Gasteiger partial charge in [-0.2, -0.15) is 13.2 Å². The predicted octanol–water partition coefficient (Wildman–Crippen LogP) is 7.56. The van der Waals surface area contributed by atoms with Crippen LogP contribution in [0.2, 0.25) is 0 Å². The lowest BCUT2D eigenvalue weighted by Crippen LogP contribution is -2.06. The third-order valence-corrected chi connectivity index (χ3v) is 5.39. The lowest BCUT2D eigenvalue weighted by Gasteiger charge is -2.07. The van der Waals surface area contributed by atoms with Crippen LogP contribution in [-0.2, 0) is 6.42 Å². The summed E-state index contributed by atoms with van der Waals surface area (Å²) in [5.41, 5.74) is 4.45. The van der Waals surface area contributed by atoms with E-state index < -0.39 is 12.6 Å². The Morgan fingerprint density at radius 3 is 2.32 bits per heavy atom. The molecule has 0 aliphatic heterocycles. The summed E-state index contributed by atoms with van der Waals surface area (Å²) < 4.78 is 36.3. The molecule has 0 bridgehead atoms. The van der Waals surface area contributed by atoms with Gasteiger partial charge in [-0.05, 0) is 55.5 Å². The van der Waals surface area contributed by atoms with Gasteiger partial charge in [0.1, 0.15) is 5.75 Å². The molecule has 0 radical (unpaired) electrons. The summed E-state index contributed by atoms with van der Waals surface area (Å²) in [4.78, 5) is 3.39. The molecule has 1 heterocycles. The molecule has 0 atom stereocenters. The first kappa shape index (κ1) is 20.6. The van der Waals surface area contributed by atoms with Crippen molar-refractivity contribution in [3.63, 3.8) is 0 Å². The number of aryl methyl sites for hydroxylation is 2. The van der Waals surface area contributed by atoms with Gasteiger partial charge in [-0.3, -0.25) is 0 Å². The first-order chi connectivity index (χ1) is 13.3. The normalized spacial score (nSPS) is 12.3. The predicted molar refractivity (Wildman–Crippen MR) is 109 cm³/mol. The zero-order chi connectivity index (χ0) is 20.1. The van der Waals surface area contributed by atoms with Gasteiger partial charge in [0.05, 0.1) is 5.52 Å². The van der Waals surface area contributed by atoms with Crippen molar-refractivity contribution < 1.29 is 18.3 Å². The first-order valence-corrected chi connectivity index (χ1v) is 10.1. The van der Waals surface area contributed by atoms with E-state index in [2.05, 4.69) is 24.0 Å². The van der Waals surface area contributed by atoms with Crippen molar-refractivity contribution >= 4 is 21.8 Å². The molecule has 2 aromatic carbocycles. The second-order valence-corrected chi connectivity index (χ2v) is 7.75. The number of halogens is 3. The Labute approximate surface area is 163 Å². The fourth-order valence-electron chi connectivity index (χ4n) is 3.97. The monoisotopic (exact) mass is 391 g/mol. The van der Waals surface area contributed by atoms with E-state index in [1.165, 1.54) is 11.1 Å². The Balaban J connectivity index is 1.48. The zero-order valence-electron chi connectivity index (χ0n) is 16.3. The van der Waals surface area contributed by atoms with Gasteiger partial charge in [-0.1, -0.05) is 44.2 Å². The number of aromatic amines is 1. The first-order valence-electron chi connectivity index (χ1n) is 10.1. The van der Waals surface area contributed by atoms with Gasteiger partial charge in [0.25, 0.3) is 0 Å². The van der Waals surface area contributed by atoms with Crippen LogP contribution in [0.15, 0.2) is 30.3 Å². The van der Waals surface area contributed by atoms with Crippen LogP contribution in [0, 0.1) is 6.92 Å². The standard InChI is InChI=1S/C23H28F3NO/c1-16-14-17(10-7-5-3-2-4-6-8-13-23(24,25)26)15-18-21-19(27-22(16)18)11-9-12-20(21)28/h9,11-12,14-15,27-28H,2-8,10,13H2,1H3. The molecule has 0 aliphatic rings. The number of H-pyrrole nitrogens is 1. The van der Waals surface area contributed by atoms with Gasteiger partial charge >= 0.3 is 6.18 Å². The summed E-state index contributed by atoms with van der Waals surface area (Å²) in [6, 6.07) is 9.89. The summed E-state index contributed by atoms with van der Waals surface area (Å²) >= 11 is 0. The van der Waals surface area contributed by atoms with Gasteiger partial charge in [0.15, 0.2) is 0 Å². The highest BCUT2D eigenvalue weighted by Gasteiger charge is 2.25. The maximum absolute atomic E-state index is 12.1. The Morgan fingerprint density at radius 1 is 0.929 bits per heavy atom. The Bertz CT molecular complexity index is 927. The van der Waals surface area contributed by atoms with E-state index >= 15 is 0 Å². The second kappa shape index (κ2) is 8.89. The minimum atomic E-state index is -4.01. The number of aromatic hydroxyl groups is 1. The molecule has 2 nitrogen and oxygen atoms in total. The van der Waals surface area contributed by atoms with Crippen molar-refractivity contribution in [3.8, 4) is 5.75 Å². The number of phenols is 1. The van der Waals surface area contributed by atoms with Crippen molar-refractivity contribution in [1.29, 1.82) is 0 Å². The van der Waals surface area contributed by atoms with Crippen molar-refractivity contribution in [1.82, 2.24) is 4.98 Å². The van der Waals surface area contributed by atoms with Crippen LogP contribution in [0.3, 0.4) is 0 Å². The van der Waals surface area contributed by atoms with Crippen LogP contribution in [0.5, 0.6) is 5.75 Å². The van der Waals surface area contributed by atoms with E-state index in [0.717, 1.165) is 60.3 Å². The molecule has 0 spiro atoms. The number of unbranched alkanes of at least 4 members (excludes halogenated alkanes) is 6. The molecular formula is C23H28F3NO. The fraction of sp³-hybridized carbons (Fsp3) is 0.478. The highest BCUT2D eigenvalue weighted by atomic mass is 19.4. The van der Waals surface area contributed by atoms with Crippen molar-refractivity contribution in [2.45, 2.75) is 70.9 Å². The molecule has 152 valence electrons. The van der Waals surface area contributed by atoms with Crippen LogP contribution in [0.4, 0.5) is 13.2 Å². The minimum absolute atomic E-state index is 0.250. The van der Waals surface area contributed by atoms with Gasteiger partial charge in [-0.15, -0.1) is 0 Å². The summed E-state index contributed by atoms with van der Waals surface area (Å²) in [6.07, 6.45) is 2.35. The average molecular weight is 391 g/mol. The number of rotatable bonds is 9. The van der Waals surface area contributed by atoms with Gasteiger partial charge in [0.2, 0.25) is 0 Å². The van der Waals surface area contributed by atoms with E-state index in [4.69, 9.17) is 0 Å². The van der Waals surface area contributed by atoms with E-state index in [1.807, 2.05) is 12.1 Å². The summed E-state index contributed by atoms with van der Waals surface area (Å²) in [7, 11) is 0. The number of phenolic OH excluding ortho intramolecular Hbond substituents is 1. The molecule has 0 fully saturated rings. The van der Waals surface area contributed by atoms with Crippen molar-refractivity contribution in [3.05, 3.63) is 41.5 Å². The number of nitrogens with one attached hydrogen (secondary N) is 1. The highest BCUT2D eigenvalue weighted by Crippen LogP contribution is 2.34. The number of hydrogen-bond donors (Lipinski definition) is 2. The summed E-state index contributed by atoms with van der Waals surface area (Å²) in [5.74, 6) is 0.297. The molecule has 0 unspecified atom stereocenters. The Kier molecular flexibility index (Phi) is 6.53. The molecule has 0 saturated carbocycles. The van der Waals surface area contributed by atoms with Crippen LogP contribution in [0.25, 0.3) is 21.8 Å². The Hall–Kier alpha value is -2.17. The molecular weight excluding hydrogens is 363 g/mol. The quantitative estimate of drug-likeness (QED) is 0.363. The van der Waals surface area contributed by atoms with Gasteiger partial charge < -0.3 is 10.1 Å². The molecule has 3 aromatic rings. The van der Waals surface area contributed by atoms with Gasteiger partial charge in [-0.25, -0.2) is 0 Å². The Morgan fingerprint density at radius 2 is 1.61 bits per heavy atom. The average Bonchev–Trinajstić information content (AvgIpc) is 3.00. The van der Waals surface area contributed by atoms with Crippen LogP contribution < -0.4 is 0 Å². The lowest BCUT2D eigenvalue weighted by molar-refractivity contribution is -0.135. The molecule has 5 heteroatoms. The topological polar surface area (TPSA) is 36.0 Å². The van der Waals surface area contributed by atoms with Gasteiger partial charge in [0, 0.05) is 22.7 Å². The molecule has 0 saturated heterocycles. The number of fused-ring (bicyclic) bond motifs is 3. The van der Waals surface area contributed by atoms with Crippen molar-refractivity contribution in [2.24, 2.45) is 0 Å². The zero-order valence-corrected chi connectivity index (χ0v) is 16.3. The third-order valence-electron chi connectivity index (χ3n) is 5.39. The second-order valence-electron chi connectivity index (χ2n) is 7.75. The molecule has 0 amide bonds. The van der Waals surface area contributed by atoms with E-state index in [9.17, 15) is 18.3 Å². The van der Waals surface area contributed by atoms with Crippen molar-refractivity contribution in [2.75, 3.05) is 0 Å². The maximum Gasteiger partial charge on any atom is 0.389 e. The number of benzene rings is 2. The molecule has 0 aliphatic carbocycles. The van der Waals surface area contributed by atoms with E-state index in [1.54, 1.807) is 6.07 Å². The molecule has 2 N–H and O–H groups in total. The number of aromatic nitrogens is 1. The smallest absolute Gasteiger partial charge is 0.389 e. The molecule has 1 aromatic heterocycles. The van der Waals surface area contributed by atoms with Crippen LogP contribution >= 0.6 is 0 Å². The lowest BCUT2D eigenvalue weighted by atomic mass is 10.00.